The van der Waals surface area contributed by atoms with Crippen LogP contribution in [0.4, 0.5) is 4.79 Å². The number of nitrogens with one attached hydrogen (secondary N) is 2. The highest BCUT2D eigenvalue weighted by atomic mass is 16.4. The van der Waals surface area contributed by atoms with E-state index in [1.54, 1.807) is 4.90 Å². The first-order chi connectivity index (χ1) is 9.97. The number of carbonyl (C=O) groups is 2. The molecule has 1 fully saturated rings. The number of carboxylic acid groups (broad SMARTS) is 1. The van der Waals surface area contributed by atoms with Gasteiger partial charge in [-0.15, -0.1) is 0 Å². The van der Waals surface area contributed by atoms with E-state index in [9.17, 15) is 19.8 Å². The van der Waals surface area contributed by atoms with Crippen LogP contribution in [0.5, 0.6) is 0 Å². The van der Waals surface area contributed by atoms with Crippen LogP contribution in [0.1, 0.15) is 19.0 Å². The van der Waals surface area contributed by atoms with Crippen molar-refractivity contribution in [3.63, 3.8) is 0 Å². The summed E-state index contributed by atoms with van der Waals surface area (Å²) in [6, 6.07) is -1.43. The standard InChI is InChI=1S/C13H20N4O4/c1-8-6-17(3-2-11(8)18)13(21)16-10(12(19)20)4-9-5-14-7-15-9/h5,7-8,10-11,18H,2-4,6H2,1H3,(H,14,15)(H,16,21)(H,19,20)/t8?,10-,11?/m1/s1. The predicted octanol–water partition coefficient (Wildman–Crippen LogP) is -0.182. The van der Waals surface area contributed by atoms with Crippen LogP contribution in [0.3, 0.4) is 0 Å². The van der Waals surface area contributed by atoms with Gasteiger partial charge in [-0.25, -0.2) is 14.6 Å². The molecular weight excluding hydrogens is 276 g/mol. The molecule has 0 bridgehead atoms. The highest BCUT2D eigenvalue weighted by Crippen LogP contribution is 2.16. The molecule has 4 N–H and O–H groups in total. The van der Waals surface area contributed by atoms with Crippen LogP contribution in [-0.4, -0.2) is 62.3 Å². The number of aliphatic hydroxyl groups is 1. The number of aliphatic hydroxyl groups excluding tert-OH is 1. The zero-order valence-corrected chi connectivity index (χ0v) is 11.8. The van der Waals surface area contributed by atoms with Crippen molar-refractivity contribution >= 4 is 12.0 Å². The van der Waals surface area contributed by atoms with E-state index in [1.165, 1.54) is 12.5 Å². The lowest BCUT2D eigenvalue weighted by molar-refractivity contribution is -0.139. The number of amides is 2. The van der Waals surface area contributed by atoms with Crippen LogP contribution in [0.15, 0.2) is 12.5 Å². The monoisotopic (exact) mass is 296 g/mol. The van der Waals surface area contributed by atoms with Gasteiger partial charge < -0.3 is 25.4 Å². The number of carboxylic acids is 1. The Morgan fingerprint density at radius 2 is 2.38 bits per heavy atom. The largest absolute Gasteiger partial charge is 0.480 e. The topological polar surface area (TPSA) is 119 Å². The molecule has 2 rings (SSSR count). The number of aromatic amines is 1. The van der Waals surface area contributed by atoms with E-state index >= 15 is 0 Å². The van der Waals surface area contributed by atoms with Gasteiger partial charge in [-0.2, -0.15) is 0 Å². The highest BCUT2D eigenvalue weighted by Gasteiger charge is 2.29. The first kappa shape index (κ1) is 15.3. The molecule has 0 aromatic carbocycles. The van der Waals surface area contributed by atoms with Crippen molar-refractivity contribution in [3.8, 4) is 0 Å². The maximum Gasteiger partial charge on any atom is 0.326 e. The number of piperidine rings is 1. The first-order valence-electron chi connectivity index (χ1n) is 6.91. The smallest absolute Gasteiger partial charge is 0.326 e. The van der Waals surface area contributed by atoms with Crippen molar-refractivity contribution in [2.24, 2.45) is 5.92 Å². The summed E-state index contributed by atoms with van der Waals surface area (Å²) in [6.45, 7) is 2.71. The van der Waals surface area contributed by atoms with Crippen molar-refractivity contribution in [3.05, 3.63) is 18.2 Å². The lowest BCUT2D eigenvalue weighted by Gasteiger charge is -2.34. The summed E-state index contributed by atoms with van der Waals surface area (Å²) in [4.78, 5) is 31.6. The molecule has 1 aromatic heterocycles. The molecule has 8 nitrogen and oxygen atoms in total. The third-order valence-electron chi connectivity index (χ3n) is 3.72. The van der Waals surface area contributed by atoms with Gasteiger partial charge >= 0.3 is 12.0 Å². The number of hydrogen-bond acceptors (Lipinski definition) is 4. The minimum Gasteiger partial charge on any atom is -0.480 e. The Balaban J connectivity index is 1.93. The maximum absolute atomic E-state index is 12.1. The Kier molecular flexibility index (Phi) is 4.79. The Bertz CT molecular complexity index is 490. The summed E-state index contributed by atoms with van der Waals surface area (Å²) in [5.41, 5.74) is 0.644. The molecule has 0 spiro atoms. The molecule has 2 heterocycles. The molecule has 1 saturated heterocycles. The molecule has 8 heteroatoms. The molecule has 1 aliphatic rings. The van der Waals surface area contributed by atoms with Gasteiger partial charge in [0.05, 0.1) is 12.4 Å². The van der Waals surface area contributed by atoms with E-state index in [0.717, 1.165) is 0 Å². The van der Waals surface area contributed by atoms with Gasteiger partial charge in [-0.1, -0.05) is 6.92 Å². The number of aromatic nitrogens is 2. The normalized spacial score (nSPS) is 23.6. The quantitative estimate of drug-likeness (QED) is 0.614. The number of likely N-dealkylation sites (tertiary alicyclic amines) is 1. The van der Waals surface area contributed by atoms with E-state index in [4.69, 9.17) is 0 Å². The maximum atomic E-state index is 12.1. The fourth-order valence-electron chi connectivity index (χ4n) is 2.37. The molecule has 116 valence electrons. The first-order valence-corrected chi connectivity index (χ1v) is 6.91. The zero-order valence-electron chi connectivity index (χ0n) is 11.8. The van der Waals surface area contributed by atoms with Gasteiger partial charge in [0, 0.05) is 31.4 Å². The number of aliphatic carboxylic acids is 1. The van der Waals surface area contributed by atoms with Gasteiger partial charge in [0.2, 0.25) is 0 Å². The number of nitrogens with zero attached hydrogens (tertiary/aromatic N) is 2. The Hall–Kier alpha value is -2.09. The van der Waals surface area contributed by atoms with Crippen molar-refractivity contribution in [2.75, 3.05) is 13.1 Å². The van der Waals surface area contributed by atoms with Gasteiger partial charge in [0.25, 0.3) is 0 Å². The van der Waals surface area contributed by atoms with Gasteiger partial charge in [0.1, 0.15) is 6.04 Å². The molecular formula is C13H20N4O4. The average molecular weight is 296 g/mol. The fourth-order valence-corrected chi connectivity index (χ4v) is 2.37. The van der Waals surface area contributed by atoms with Crippen LogP contribution in [0, 0.1) is 5.92 Å². The number of imidazole rings is 1. The van der Waals surface area contributed by atoms with E-state index in [-0.39, 0.29) is 12.3 Å². The molecule has 2 amide bonds. The molecule has 1 aromatic rings. The van der Waals surface area contributed by atoms with E-state index in [2.05, 4.69) is 15.3 Å². The second-order valence-electron chi connectivity index (χ2n) is 5.40. The lowest BCUT2D eigenvalue weighted by atomic mass is 9.97. The summed E-state index contributed by atoms with van der Waals surface area (Å²) in [5.74, 6) is -1.11. The second-order valence-corrected chi connectivity index (χ2v) is 5.40. The van der Waals surface area contributed by atoms with Crippen molar-refractivity contribution in [1.82, 2.24) is 20.2 Å². The summed E-state index contributed by atoms with van der Waals surface area (Å²) in [7, 11) is 0. The van der Waals surface area contributed by atoms with Crippen molar-refractivity contribution in [1.29, 1.82) is 0 Å². The Morgan fingerprint density at radius 3 is 2.95 bits per heavy atom. The van der Waals surface area contributed by atoms with Crippen molar-refractivity contribution < 1.29 is 19.8 Å². The summed E-state index contributed by atoms with van der Waals surface area (Å²) >= 11 is 0. The molecule has 0 radical (unpaired) electrons. The molecule has 0 aliphatic carbocycles. The molecule has 21 heavy (non-hydrogen) atoms. The van der Waals surface area contributed by atoms with Crippen molar-refractivity contribution in [2.45, 2.75) is 31.9 Å². The number of urea groups is 1. The number of carbonyl (C=O) groups excluding carboxylic acids is 1. The molecule has 3 atom stereocenters. The van der Waals surface area contributed by atoms with Gasteiger partial charge in [-0.3, -0.25) is 0 Å². The number of hydrogen-bond donors (Lipinski definition) is 4. The molecule has 0 saturated carbocycles. The van der Waals surface area contributed by atoms with Crippen LogP contribution >= 0.6 is 0 Å². The summed E-state index contributed by atoms with van der Waals surface area (Å²) < 4.78 is 0. The van der Waals surface area contributed by atoms with Gasteiger partial charge in [0.15, 0.2) is 0 Å². The minimum atomic E-state index is -1.09. The van der Waals surface area contributed by atoms with E-state index in [1.807, 2.05) is 6.92 Å². The van der Waals surface area contributed by atoms with Crippen LogP contribution in [0.25, 0.3) is 0 Å². The summed E-state index contributed by atoms with van der Waals surface area (Å²) in [5, 5.41) is 21.4. The minimum absolute atomic E-state index is 0.0135. The van der Waals surface area contributed by atoms with E-state index < -0.39 is 24.1 Å². The Labute approximate surface area is 122 Å². The number of rotatable bonds is 4. The second kappa shape index (κ2) is 6.57. The molecule has 2 unspecified atom stereocenters. The lowest BCUT2D eigenvalue weighted by Crippen LogP contribution is -2.53. The Morgan fingerprint density at radius 1 is 1.62 bits per heavy atom. The van der Waals surface area contributed by atoms with Gasteiger partial charge in [-0.05, 0) is 12.3 Å². The third kappa shape index (κ3) is 3.94. The third-order valence-corrected chi connectivity index (χ3v) is 3.72. The fraction of sp³-hybridized carbons (Fsp3) is 0.615. The average Bonchev–Trinajstić information content (AvgIpc) is 2.93. The zero-order chi connectivity index (χ0) is 15.4. The SMILES string of the molecule is CC1CN(C(=O)N[C@H](Cc2cnc[nH]2)C(=O)O)CCC1O. The summed E-state index contributed by atoms with van der Waals surface area (Å²) in [6.07, 6.45) is 3.24. The van der Waals surface area contributed by atoms with Crippen LogP contribution < -0.4 is 5.32 Å². The van der Waals surface area contributed by atoms with E-state index in [0.29, 0.717) is 25.2 Å². The molecule has 1 aliphatic heterocycles. The van der Waals surface area contributed by atoms with Crippen LogP contribution in [0.2, 0.25) is 0 Å². The van der Waals surface area contributed by atoms with Crippen LogP contribution in [-0.2, 0) is 11.2 Å². The predicted molar refractivity (Wildman–Crippen MR) is 73.6 cm³/mol. The highest BCUT2D eigenvalue weighted by molar-refractivity contribution is 5.82. The number of H-pyrrole nitrogens is 1.